The van der Waals surface area contributed by atoms with Gasteiger partial charge in [0.25, 0.3) is 0 Å². The number of aliphatic hydroxyl groups excluding tert-OH is 1. The SMILES string of the molecule is Cn1c(=O)n(C2CCC(=O)NC2=O)c2ccc(CN3CC(OCCCO)C3)cc21. The van der Waals surface area contributed by atoms with E-state index in [1.807, 2.05) is 18.2 Å². The van der Waals surface area contributed by atoms with E-state index in [0.29, 0.717) is 25.0 Å². The Kier molecular flexibility index (Phi) is 5.53. The molecule has 2 aliphatic rings. The average molecular weight is 402 g/mol. The van der Waals surface area contributed by atoms with Crippen LogP contribution in [0.4, 0.5) is 0 Å². The Hall–Kier alpha value is -2.49. The van der Waals surface area contributed by atoms with Gasteiger partial charge in [-0.15, -0.1) is 0 Å². The highest BCUT2D eigenvalue weighted by atomic mass is 16.5. The summed E-state index contributed by atoms with van der Waals surface area (Å²) in [7, 11) is 1.70. The summed E-state index contributed by atoms with van der Waals surface area (Å²) in [6.07, 6.45) is 1.43. The Balaban J connectivity index is 1.49. The first-order chi connectivity index (χ1) is 14.0. The zero-order valence-corrected chi connectivity index (χ0v) is 16.5. The van der Waals surface area contributed by atoms with Crippen LogP contribution in [0.5, 0.6) is 0 Å². The number of aliphatic hydroxyl groups is 1. The van der Waals surface area contributed by atoms with Gasteiger partial charge in [0.2, 0.25) is 11.8 Å². The Morgan fingerprint density at radius 3 is 2.72 bits per heavy atom. The van der Waals surface area contributed by atoms with Gasteiger partial charge in [-0.3, -0.25) is 28.9 Å². The number of rotatable bonds is 7. The molecule has 0 saturated carbocycles. The van der Waals surface area contributed by atoms with Crippen LogP contribution in [0.1, 0.15) is 30.9 Å². The summed E-state index contributed by atoms with van der Waals surface area (Å²) in [5.74, 6) is -0.720. The molecule has 29 heavy (non-hydrogen) atoms. The maximum absolute atomic E-state index is 12.8. The van der Waals surface area contributed by atoms with Crippen molar-refractivity contribution in [2.24, 2.45) is 7.05 Å². The number of nitrogens with zero attached hydrogens (tertiary/aromatic N) is 3. The van der Waals surface area contributed by atoms with Crippen molar-refractivity contribution in [2.45, 2.75) is 38.0 Å². The number of amides is 2. The molecule has 3 heterocycles. The van der Waals surface area contributed by atoms with Gasteiger partial charge in [0.05, 0.1) is 17.1 Å². The minimum absolute atomic E-state index is 0.146. The van der Waals surface area contributed by atoms with Crippen LogP contribution in [-0.4, -0.2) is 63.4 Å². The Morgan fingerprint density at radius 2 is 2.00 bits per heavy atom. The van der Waals surface area contributed by atoms with E-state index in [4.69, 9.17) is 9.84 Å². The van der Waals surface area contributed by atoms with E-state index >= 15 is 0 Å². The van der Waals surface area contributed by atoms with Gasteiger partial charge in [-0.2, -0.15) is 0 Å². The quantitative estimate of drug-likeness (QED) is 0.495. The van der Waals surface area contributed by atoms with Crippen molar-refractivity contribution in [2.75, 3.05) is 26.3 Å². The number of hydrogen-bond acceptors (Lipinski definition) is 6. The molecule has 2 fully saturated rings. The minimum Gasteiger partial charge on any atom is -0.396 e. The molecule has 9 heteroatoms. The molecule has 2 aromatic rings. The second kappa shape index (κ2) is 8.10. The van der Waals surface area contributed by atoms with Crippen molar-refractivity contribution in [3.8, 4) is 0 Å². The number of carbonyl (C=O) groups excluding carboxylic acids is 2. The molecule has 9 nitrogen and oxygen atoms in total. The lowest BCUT2D eigenvalue weighted by Gasteiger charge is -2.39. The predicted octanol–water partition coefficient (Wildman–Crippen LogP) is -0.0991. The van der Waals surface area contributed by atoms with Crippen LogP contribution < -0.4 is 11.0 Å². The molecule has 4 rings (SSSR count). The number of imide groups is 1. The van der Waals surface area contributed by atoms with Crippen LogP contribution in [0.25, 0.3) is 11.0 Å². The summed E-state index contributed by atoms with van der Waals surface area (Å²) < 4.78 is 8.72. The van der Waals surface area contributed by atoms with E-state index in [2.05, 4.69) is 10.2 Å². The fourth-order valence-electron chi connectivity index (χ4n) is 4.07. The maximum atomic E-state index is 12.8. The van der Waals surface area contributed by atoms with E-state index in [0.717, 1.165) is 30.7 Å². The molecule has 2 saturated heterocycles. The highest BCUT2D eigenvalue weighted by Crippen LogP contribution is 2.25. The second-order valence-electron chi connectivity index (χ2n) is 7.77. The van der Waals surface area contributed by atoms with Gasteiger partial charge in [0.1, 0.15) is 6.04 Å². The van der Waals surface area contributed by atoms with Crippen LogP contribution >= 0.6 is 0 Å². The number of likely N-dealkylation sites (tertiary alicyclic amines) is 1. The first-order valence-corrected chi connectivity index (χ1v) is 9.96. The van der Waals surface area contributed by atoms with Crippen LogP contribution in [0, 0.1) is 0 Å². The summed E-state index contributed by atoms with van der Waals surface area (Å²) in [6, 6.07) is 5.18. The zero-order chi connectivity index (χ0) is 20.5. The molecule has 1 atom stereocenters. The molecule has 156 valence electrons. The normalized spacial score (nSPS) is 20.8. The second-order valence-corrected chi connectivity index (χ2v) is 7.77. The maximum Gasteiger partial charge on any atom is 0.329 e. The standard InChI is InChI=1S/C20H26N4O5/c1-22-17-9-13(10-23-11-14(12-23)29-8-2-7-25)3-4-15(17)24(20(22)28)16-5-6-18(26)21-19(16)27/h3-4,9,14,16,25H,2,5-8,10-12H2,1H3,(H,21,26,27). The van der Waals surface area contributed by atoms with Crippen molar-refractivity contribution in [3.63, 3.8) is 0 Å². The van der Waals surface area contributed by atoms with Crippen molar-refractivity contribution in [1.29, 1.82) is 0 Å². The van der Waals surface area contributed by atoms with Gasteiger partial charge in [0, 0.05) is 46.3 Å². The molecule has 2 N–H and O–H groups in total. The van der Waals surface area contributed by atoms with Crippen LogP contribution in [0.3, 0.4) is 0 Å². The van der Waals surface area contributed by atoms with Gasteiger partial charge in [-0.1, -0.05) is 6.07 Å². The number of benzene rings is 1. The van der Waals surface area contributed by atoms with Gasteiger partial charge < -0.3 is 9.84 Å². The lowest BCUT2D eigenvalue weighted by atomic mass is 10.1. The third kappa shape index (κ3) is 3.85. The van der Waals surface area contributed by atoms with Crippen LogP contribution in [0.2, 0.25) is 0 Å². The third-order valence-electron chi connectivity index (χ3n) is 5.66. The lowest BCUT2D eigenvalue weighted by molar-refractivity contribution is -0.135. The van der Waals surface area contributed by atoms with E-state index in [9.17, 15) is 14.4 Å². The Labute approximate surface area is 167 Å². The largest absolute Gasteiger partial charge is 0.396 e. The molecular formula is C20H26N4O5. The smallest absolute Gasteiger partial charge is 0.329 e. The fraction of sp³-hybridized carbons (Fsp3) is 0.550. The van der Waals surface area contributed by atoms with Crippen molar-refractivity contribution in [1.82, 2.24) is 19.4 Å². The first kappa shape index (κ1) is 19.8. The number of ether oxygens (including phenoxy) is 1. The molecular weight excluding hydrogens is 376 g/mol. The van der Waals surface area contributed by atoms with E-state index in [-0.39, 0.29) is 30.7 Å². The van der Waals surface area contributed by atoms with E-state index in [1.165, 1.54) is 4.57 Å². The number of carbonyl (C=O) groups is 2. The van der Waals surface area contributed by atoms with Crippen molar-refractivity contribution >= 4 is 22.8 Å². The average Bonchev–Trinajstić information content (AvgIpc) is 2.91. The van der Waals surface area contributed by atoms with Crippen LogP contribution in [0.15, 0.2) is 23.0 Å². The van der Waals surface area contributed by atoms with E-state index in [1.54, 1.807) is 11.6 Å². The van der Waals surface area contributed by atoms with Gasteiger partial charge in [-0.25, -0.2) is 4.79 Å². The molecule has 1 unspecified atom stereocenters. The summed E-state index contributed by atoms with van der Waals surface area (Å²) >= 11 is 0. The Morgan fingerprint density at radius 1 is 1.21 bits per heavy atom. The van der Waals surface area contributed by atoms with E-state index < -0.39 is 11.9 Å². The molecule has 1 aromatic heterocycles. The number of fused-ring (bicyclic) bond motifs is 1. The summed E-state index contributed by atoms with van der Waals surface area (Å²) in [5, 5.41) is 11.1. The summed E-state index contributed by atoms with van der Waals surface area (Å²) in [5.41, 5.74) is 2.30. The molecule has 0 radical (unpaired) electrons. The van der Waals surface area contributed by atoms with Crippen LogP contribution in [-0.2, 0) is 27.9 Å². The fourth-order valence-corrected chi connectivity index (χ4v) is 4.07. The molecule has 2 aliphatic heterocycles. The zero-order valence-electron chi connectivity index (χ0n) is 16.5. The number of piperidine rings is 1. The number of imidazole rings is 1. The highest BCUT2D eigenvalue weighted by molar-refractivity contribution is 6.00. The molecule has 2 amide bonds. The molecule has 1 aromatic carbocycles. The number of hydrogen-bond donors (Lipinski definition) is 2. The molecule has 0 spiro atoms. The third-order valence-corrected chi connectivity index (χ3v) is 5.66. The summed E-state index contributed by atoms with van der Waals surface area (Å²) in [6.45, 7) is 3.18. The van der Waals surface area contributed by atoms with Gasteiger partial charge >= 0.3 is 5.69 Å². The summed E-state index contributed by atoms with van der Waals surface area (Å²) in [4.78, 5) is 38.8. The van der Waals surface area contributed by atoms with Gasteiger partial charge in [0.15, 0.2) is 0 Å². The van der Waals surface area contributed by atoms with Crippen molar-refractivity contribution < 1.29 is 19.4 Å². The Bertz CT molecular complexity index is 989. The van der Waals surface area contributed by atoms with Gasteiger partial charge in [-0.05, 0) is 30.5 Å². The predicted molar refractivity (Wildman–Crippen MR) is 105 cm³/mol. The number of nitrogens with one attached hydrogen (secondary N) is 1. The first-order valence-electron chi connectivity index (χ1n) is 9.96. The molecule has 0 bridgehead atoms. The monoisotopic (exact) mass is 402 g/mol. The number of aryl methyl sites for hydroxylation is 1. The van der Waals surface area contributed by atoms with Crippen molar-refractivity contribution in [3.05, 3.63) is 34.2 Å². The molecule has 0 aliphatic carbocycles. The topological polar surface area (TPSA) is 106 Å². The highest BCUT2D eigenvalue weighted by Gasteiger charge is 2.31. The number of aromatic nitrogens is 2. The lowest BCUT2D eigenvalue weighted by Crippen LogP contribution is -2.51. The minimum atomic E-state index is -0.665.